The van der Waals surface area contributed by atoms with E-state index in [4.69, 9.17) is 14.2 Å². The van der Waals surface area contributed by atoms with Crippen molar-refractivity contribution in [3.05, 3.63) is 48.0 Å². The van der Waals surface area contributed by atoms with Gasteiger partial charge in [-0.15, -0.1) is 0 Å². The highest BCUT2D eigenvalue weighted by molar-refractivity contribution is 6.00. The monoisotopic (exact) mass is 382 g/mol. The number of ether oxygens (including phenoxy) is 3. The molecule has 146 valence electrons. The summed E-state index contributed by atoms with van der Waals surface area (Å²) < 4.78 is 16.7. The van der Waals surface area contributed by atoms with Crippen molar-refractivity contribution < 1.29 is 23.8 Å². The Bertz CT molecular complexity index is 898. The summed E-state index contributed by atoms with van der Waals surface area (Å²) in [5, 5.41) is 2.95. The summed E-state index contributed by atoms with van der Waals surface area (Å²) in [7, 11) is 0. The highest BCUT2D eigenvalue weighted by atomic mass is 16.6. The first kappa shape index (κ1) is 18.2. The lowest BCUT2D eigenvalue weighted by molar-refractivity contribution is -0.124. The molecule has 7 nitrogen and oxygen atoms in total. The van der Waals surface area contributed by atoms with E-state index < -0.39 is 0 Å². The molecule has 2 aromatic carbocycles. The van der Waals surface area contributed by atoms with Crippen molar-refractivity contribution in [3.63, 3.8) is 0 Å². The summed E-state index contributed by atoms with van der Waals surface area (Å²) in [6.45, 7) is 3.18. The molecule has 2 heterocycles. The highest BCUT2D eigenvalue weighted by Crippen LogP contribution is 2.33. The number of fused-ring (bicyclic) bond motifs is 2. The highest BCUT2D eigenvalue weighted by Gasteiger charge is 2.25. The Morgan fingerprint density at radius 2 is 1.79 bits per heavy atom. The molecule has 4 rings (SSSR count). The quantitative estimate of drug-likeness (QED) is 0.879. The molecule has 0 spiro atoms. The van der Waals surface area contributed by atoms with Crippen LogP contribution in [-0.4, -0.2) is 38.2 Å². The van der Waals surface area contributed by atoms with Crippen LogP contribution in [0.15, 0.2) is 42.5 Å². The molecule has 0 bridgehead atoms. The molecular weight excluding hydrogens is 360 g/mol. The lowest BCUT2D eigenvalue weighted by atomic mass is 10.1. The fourth-order valence-corrected chi connectivity index (χ4v) is 3.34. The van der Waals surface area contributed by atoms with Crippen molar-refractivity contribution in [2.75, 3.05) is 31.3 Å². The zero-order chi connectivity index (χ0) is 19.5. The van der Waals surface area contributed by atoms with Gasteiger partial charge in [0.1, 0.15) is 25.5 Å². The van der Waals surface area contributed by atoms with Crippen LogP contribution >= 0.6 is 0 Å². The van der Waals surface area contributed by atoms with E-state index in [1.807, 2.05) is 37.3 Å². The van der Waals surface area contributed by atoms with Gasteiger partial charge in [-0.3, -0.25) is 14.5 Å². The Hall–Kier alpha value is -3.22. The second-order valence-corrected chi connectivity index (χ2v) is 6.74. The van der Waals surface area contributed by atoms with Gasteiger partial charge in [-0.05, 0) is 36.8 Å². The molecule has 0 aromatic heterocycles. The SMILES string of the molecule is CC(NC(=O)CN1C(=O)CCOc2ccccc21)c1ccc2c(c1)OCCO2. The molecule has 1 atom stereocenters. The molecule has 7 heteroatoms. The summed E-state index contributed by atoms with van der Waals surface area (Å²) in [6.07, 6.45) is 0.236. The number of amides is 2. The lowest BCUT2D eigenvalue weighted by Gasteiger charge is -2.24. The van der Waals surface area contributed by atoms with E-state index in [0.29, 0.717) is 42.8 Å². The van der Waals surface area contributed by atoms with Crippen LogP contribution < -0.4 is 24.4 Å². The van der Waals surface area contributed by atoms with Gasteiger partial charge in [0, 0.05) is 0 Å². The molecule has 2 aromatic rings. The summed E-state index contributed by atoms with van der Waals surface area (Å²) in [5.41, 5.74) is 1.52. The van der Waals surface area contributed by atoms with Crippen LogP contribution in [0.5, 0.6) is 17.2 Å². The van der Waals surface area contributed by atoms with Gasteiger partial charge in [0.25, 0.3) is 0 Å². The van der Waals surface area contributed by atoms with E-state index in [1.165, 1.54) is 4.90 Å². The van der Waals surface area contributed by atoms with Gasteiger partial charge in [0.2, 0.25) is 11.8 Å². The van der Waals surface area contributed by atoms with Crippen LogP contribution in [0.1, 0.15) is 24.9 Å². The first-order chi connectivity index (χ1) is 13.6. The van der Waals surface area contributed by atoms with Crippen molar-refractivity contribution in [3.8, 4) is 17.2 Å². The first-order valence-corrected chi connectivity index (χ1v) is 9.33. The Morgan fingerprint density at radius 1 is 1.04 bits per heavy atom. The maximum Gasteiger partial charge on any atom is 0.240 e. The third-order valence-electron chi connectivity index (χ3n) is 4.78. The van der Waals surface area contributed by atoms with Gasteiger partial charge in [-0.25, -0.2) is 0 Å². The van der Waals surface area contributed by atoms with E-state index in [2.05, 4.69) is 5.32 Å². The van der Waals surface area contributed by atoms with Crippen LogP contribution in [0.2, 0.25) is 0 Å². The summed E-state index contributed by atoms with van der Waals surface area (Å²) in [6, 6.07) is 12.6. The summed E-state index contributed by atoms with van der Waals surface area (Å²) in [5.74, 6) is 1.62. The largest absolute Gasteiger partial charge is 0.491 e. The molecule has 1 unspecified atom stereocenters. The number of rotatable bonds is 4. The first-order valence-electron chi connectivity index (χ1n) is 9.33. The van der Waals surface area contributed by atoms with Crippen LogP contribution in [0, 0.1) is 0 Å². The minimum absolute atomic E-state index is 0.0614. The van der Waals surface area contributed by atoms with Gasteiger partial charge >= 0.3 is 0 Å². The number of nitrogens with one attached hydrogen (secondary N) is 1. The summed E-state index contributed by atoms with van der Waals surface area (Å²) >= 11 is 0. The molecule has 0 saturated heterocycles. The number of hydrogen-bond donors (Lipinski definition) is 1. The van der Waals surface area contributed by atoms with Gasteiger partial charge in [-0.1, -0.05) is 18.2 Å². The fraction of sp³-hybridized carbons (Fsp3) is 0.333. The number of para-hydroxylation sites is 2. The zero-order valence-electron chi connectivity index (χ0n) is 15.6. The second kappa shape index (κ2) is 7.80. The normalized spacial score (nSPS) is 16.5. The Kier molecular flexibility index (Phi) is 5.06. The smallest absolute Gasteiger partial charge is 0.240 e. The Morgan fingerprint density at radius 3 is 2.64 bits per heavy atom. The molecule has 0 saturated carbocycles. The molecular formula is C21H22N2O5. The van der Waals surface area contributed by atoms with Crippen LogP contribution in [0.4, 0.5) is 5.69 Å². The standard InChI is InChI=1S/C21H22N2O5/c1-14(15-6-7-18-19(12-15)28-11-10-27-18)22-20(24)13-23-16-4-2-3-5-17(16)26-9-8-21(23)25/h2-7,12,14H,8-11,13H2,1H3,(H,22,24). The van der Waals surface area contributed by atoms with E-state index in [-0.39, 0.29) is 30.8 Å². The minimum atomic E-state index is -0.243. The van der Waals surface area contributed by atoms with E-state index in [9.17, 15) is 9.59 Å². The number of hydrogen-bond acceptors (Lipinski definition) is 5. The number of nitrogens with zero attached hydrogens (tertiary/aromatic N) is 1. The molecule has 28 heavy (non-hydrogen) atoms. The van der Waals surface area contributed by atoms with E-state index in [0.717, 1.165) is 5.56 Å². The van der Waals surface area contributed by atoms with Crippen molar-refractivity contribution >= 4 is 17.5 Å². The molecule has 1 N–H and O–H groups in total. The number of anilines is 1. The van der Waals surface area contributed by atoms with Gasteiger partial charge in [-0.2, -0.15) is 0 Å². The third-order valence-corrected chi connectivity index (χ3v) is 4.78. The predicted molar refractivity (Wildman–Crippen MR) is 103 cm³/mol. The Labute approximate surface area is 163 Å². The molecule has 2 aliphatic heterocycles. The summed E-state index contributed by atoms with van der Waals surface area (Å²) in [4.78, 5) is 26.6. The molecule has 2 aliphatic rings. The predicted octanol–water partition coefficient (Wildman–Crippen LogP) is 2.45. The molecule has 0 fully saturated rings. The average Bonchev–Trinajstić information content (AvgIpc) is 2.86. The van der Waals surface area contributed by atoms with Crippen LogP contribution in [0.3, 0.4) is 0 Å². The average molecular weight is 382 g/mol. The van der Waals surface area contributed by atoms with Crippen molar-refractivity contribution in [2.45, 2.75) is 19.4 Å². The zero-order valence-corrected chi connectivity index (χ0v) is 15.6. The molecule has 2 amide bonds. The second-order valence-electron chi connectivity index (χ2n) is 6.74. The maximum absolute atomic E-state index is 12.6. The van der Waals surface area contributed by atoms with Crippen LogP contribution in [-0.2, 0) is 9.59 Å². The van der Waals surface area contributed by atoms with Gasteiger partial charge in [0.15, 0.2) is 11.5 Å². The molecule has 0 radical (unpaired) electrons. The van der Waals surface area contributed by atoms with E-state index in [1.54, 1.807) is 12.1 Å². The van der Waals surface area contributed by atoms with Gasteiger partial charge in [0.05, 0.1) is 24.8 Å². The number of benzene rings is 2. The van der Waals surface area contributed by atoms with Crippen LogP contribution in [0.25, 0.3) is 0 Å². The third kappa shape index (κ3) is 3.74. The van der Waals surface area contributed by atoms with Crippen molar-refractivity contribution in [1.29, 1.82) is 0 Å². The van der Waals surface area contributed by atoms with E-state index >= 15 is 0 Å². The fourth-order valence-electron chi connectivity index (χ4n) is 3.34. The van der Waals surface area contributed by atoms with Crippen molar-refractivity contribution in [1.82, 2.24) is 5.32 Å². The topological polar surface area (TPSA) is 77.1 Å². The number of carbonyl (C=O) groups excluding carboxylic acids is 2. The lowest BCUT2D eigenvalue weighted by Crippen LogP contribution is -2.41. The van der Waals surface area contributed by atoms with Crippen molar-refractivity contribution in [2.24, 2.45) is 0 Å². The minimum Gasteiger partial charge on any atom is -0.491 e. The van der Waals surface area contributed by atoms with Gasteiger partial charge < -0.3 is 19.5 Å². The number of carbonyl (C=O) groups is 2. The Balaban J connectivity index is 1.46. The molecule has 0 aliphatic carbocycles. The maximum atomic E-state index is 12.6.